The van der Waals surface area contributed by atoms with E-state index in [9.17, 15) is 4.79 Å². The van der Waals surface area contributed by atoms with Gasteiger partial charge in [0.2, 0.25) is 5.91 Å². The zero-order chi connectivity index (χ0) is 20.8. The fraction of sp³-hybridized carbons (Fsp3) is 0.318. The SMILES string of the molecule is CNc1nc2cc(-c3cccc(CNC(=O)C(C)(C)C)c3)sc2c2c1ncn2C. The van der Waals surface area contributed by atoms with Crippen molar-refractivity contribution in [1.82, 2.24) is 19.9 Å². The van der Waals surface area contributed by atoms with Crippen molar-refractivity contribution in [3.05, 3.63) is 42.2 Å². The highest BCUT2D eigenvalue weighted by Crippen LogP contribution is 2.38. The third kappa shape index (κ3) is 3.58. The molecule has 0 saturated carbocycles. The lowest BCUT2D eigenvalue weighted by Gasteiger charge is -2.17. The molecule has 1 aromatic carbocycles. The van der Waals surface area contributed by atoms with E-state index in [2.05, 4.69) is 33.8 Å². The zero-order valence-corrected chi connectivity index (χ0v) is 18.1. The summed E-state index contributed by atoms with van der Waals surface area (Å²) in [5, 5.41) is 6.17. The molecule has 3 heterocycles. The normalized spacial score (nSPS) is 11.9. The molecule has 2 N–H and O–H groups in total. The highest BCUT2D eigenvalue weighted by molar-refractivity contribution is 7.23. The van der Waals surface area contributed by atoms with Gasteiger partial charge in [0.25, 0.3) is 0 Å². The van der Waals surface area contributed by atoms with Gasteiger partial charge in [0.05, 0.1) is 22.1 Å². The molecule has 0 unspecified atom stereocenters. The summed E-state index contributed by atoms with van der Waals surface area (Å²) in [7, 11) is 3.87. The van der Waals surface area contributed by atoms with E-state index < -0.39 is 5.41 Å². The predicted molar refractivity (Wildman–Crippen MR) is 120 cm³/mol. The third-order valence-corrected chi connectivity index (χ3v) is 6.08. The predicted octanol–water partition coefficient (Wildman–Crippen LogP) is 4.55. The van der Waals surface area contributed by atoms with Crippen LogP contribution in [-0.4, -0.2) is 27.5 Å². The maximum Gasteiger partial charge on any atom is 0.225 e. The topological polar surface area (TPSA) is 71.8 Å². The molecule has 3 aromatic heterocycles. The number of pyridine rings is 1. The summed E-state index contributed by atoms with van der Waals surface area (Å²) >= 11 is 1.72. The Hall–Kier alpha value is -2.93. The molecule has 0 atom stereocenters. The number of benzene rings is 1. The van der Waals surface area contributed by atoms with E-state index in [1.54, 1.807) is 11.3 Å². The van der Waals surface area contributed by atoms with Gasteiger partial charge in [0.15, 0.2) is 5.82 Å². The lowest BCUT2D eigenvalue weighted by molar-refractivity contribution is -0.128. The molecule has 4 rings (SSSR count). The van der Waals surface area contributed by atoms with Crippen LogP contribution in [0.25, 0.3) is 31.7 Å². The van der Waals surface area contributed by atoms with Gasteiger partial charge in [0, 0.05) is 30.9 Å². The number of hydrogen-bond acceptors (Lipinski definition) is 5. The Morgan fingerprint density at radius 3 is 2.76 bits per heavy atom. The number of aromatic nitrogens is 3. The molecule has 0 aliphatic rings. The number of nitrogens with one attached hydrogen (secondary N) is 2. The maximum atomic E-state index is 12.2. The van der Waals surface area contributed by atoms with Gasteiger partial charge in [-0.3, -0.25) is 4.79 Å². The Bertz CT molecular complexity index is 1220. The van der Waals surface area contributed by atoms with Crippen LogP contribution < -0.4 is 10.6 Å². The number of aryl methyl sites for hydroxylation is 1. The van der Waals surface area contributed by atoms with Crippen LogP contribution in [0, 0.1) is 5.41 Å². The van der Waals surface area contributed by atoms with E-state index in [4.69, 9.17) is 4.98 Å². The molecule has 0 radical (unpaired) electrons. The van der Waals surface area contributed by atoms with Crippen LogP contribution in [0.1, 0.15) is 26.3 Å². The number of carbonyl (C=O) groups excluding carboxylic acids is 1. The van der Waals surface area contributed by atoms with Gasteiger partial charge in [0.1, 0.15) is 5.52 Å². The van der Waals surface area contributed by atoms with Gasteiger partial charge >= 0.3 is 0 Å². The van der Waals surface area contributed by atoms with E-state index >= 15 is 0 Å². The number of thiophene rings is 1. The zero-order valence-electron chi connectivity index (χ0n) is 17.3. The minimum atomic E-state index is -0.395. The average molecular weight is 408 g/mol. The second-order valence-corrected chi connectivity index (χ2v) is 9.27. The Morgan fingerprint density at radius 1 is 1.24 bits per heavy atom. The average Bonchev–Trinajstić information content (AvgIpc) is 3.28. The van der Waals surface area contributed by atoms with Gasteiger partial charge in [-0.1, -0.05) is 39.0 Å². The van der Waals surface area contributed by atoms with Crippen LogP contribution >= 0.6 is 11.3 Å². The number of amides is 1. The standard InChI is InChI=1S/C22H25N5OS/c1-22(2,3)21(28)24-11-13-7-6-8-14(9-13)16-10-15-19(29-16)18-17(20(23-4)26-15)25-12-27(18)5/h6-10,12H,11H2,1-5H3,(H,23,26)(H,24,28). The Labute approximate surface area is 174 Å². The minimum absolute atomic E-state index is 0.0483. The Kier molecular flexibility index (Phi) is 4.78. The van der Waals surface area contributed by atoms with Crippen molar-refractivity contribution in [2.75, 3.05) is 12.4 Å². The van der Waals surface area contributed by atoms with E-state index in [-0.39, 0.29) is 5.91 Å². The molecule has 150 valence electrons. The third-order valence-electron chi connectivity index (χ3n) is 4.90. The van der Waals surface area contributed by atoms with Crippen LogP contribution in [0.4, 0.5) is 5.82 Å². The van der Waals surface area contributed by atoms with Gasteiger partial charge in [-0.05, 0) is 23.3 Å². The molecule has 0 saturated heterocycles. The fourth-order valence-electron chi connectivity index (χ4n) is 3.28. The first-order chi connectivity index (χ1) is 13.8. The van der Waals surface area contributed by atoms with Crippen molar-refractivity contribution in [3.63, 3.8) is 0 Å². The number of hydrogen-bond donors (Lipinski definition) is 2. The van der Waals surface area contributed by atoms with Crippen LogP contribution in [0.2, 0.25) is 0 Å². The van der Waals surface area contributed by atoms with Crippen molar-refractivity contribution in [2.45, 2.75) is 27.3 Å². The summed E-state index contributed by atoms with van der Waals surface area (Å²) in [5.41, 5.74) is 4.73. The molecule has 0 bridgehead atoms. The molecule has 7 heteroatoms. The van der Waals surface area contributed by atoms with Crippen LogP contribution in [0.5, 0.6) is 0 Å². The van der Waals surface area contributed by atoms with E-state index in [0.29, 0.717) is 6.54 Å². The summed E-state index contributed by atoms with van der Waals surface area (Å²) in [6, 6.07) is 10.4. The summed E-state index contributed by atoms with van der Waals surface area (Å²) < 4.78 is 3.17. The first kappa shape index (κ1) is 19.4. The summed E-state index contributed by atoms with van der Waals surface area (Å²) in [4.78, 5) is 22.6. The van der Waals surface area contributed by atoms with Gasteiger partial charge in [-0.25, -0.2) is 9.97 Å². The molecule has 0 aliphatic heterocycles. The van der Waals surface area contributed by atoms with Crippen molar-refractivity contribution in [2.24, 2.45) is 12.5 Å². The quantitative estimate of drug-likeness (QED) is 0.520. The lowest BCUT2D eigenvalue weighted by atomic mass is 9.95. The molecule has 0 fully saturated rings. The number of imidazole rings is 1. The van der Waals surface area contributed by atoms with E-state index in [0.717, 1.165) is 43.1 Å². The second kappa shape index (κ2) is 7.15. The fourth-order valence-corrected chi connectivity index (χ4v) is 4.46. The Balaban J connectivity index is 1.71. The number of fused-ring (bicyclic) bond motifs is 3. The molecular formula is C22H25N5OS. The summed E-state index contributed by atoms with van der Waals surface area (Å²) in [6.45, 7) is 6.27. The van der Waals surface area contributed by atoms with Crippen molar-refractivity contribution in [1.29, 1.82) is 0 Å². The minimum Gasteiger partial charge on any atom is -0.371 e. The number of rotatable bonds is 4. The Morgan fingerprint density at radius 2 is 2.03 bits per heavy atom. The van der Waals surface area contributed by atoms with Gasteiger partial charge < -0.3 is 15.2 Å². The van der Waals surface area contributed by atoms with Gasteiger partial charge in [-0.15, -0.1) is 11.3 Å². The smallest absolute Gasteiger partial charge is 0.225 e. The highest BCUT2D eigenvalue weighted by Gasteiger charge is 2.20. The van der Waals surface area contributed by atoms with E-state index in [1.165, 1.54) is 0 Å². The van der Waals surface area contributed by atoms with Crippen molar-refractivity contribution < 1.29 is 4.79 Å². The molecule has 1 amide bonds. The van der Waals surface area contributed by atoms with E-state index in [1.807, 2.05) is 57.9 Å². The highest BCUT2D eigenvalue weighted by atomic mass is 32.1. The monoisotopic (exact) mass is 407 g/mol. The first-order valence-electron chi connectivity index (χ1n) is 9.58. The van der Waals surface area contributed by atoms with Crippen molar-refractivity contribution in [3.8, 4) is 10.4 Å². The van der Waals surface area contributed by atoms with Crippen LogP contribution in [0.15, 0.2) is 36.7 Å². The number of anilines is 1. The lowest BCUT2D eigenvalue weighted by Crippen LogP contribution is -2.34. The molecule has 0 spiro atoms. The molecule has 29 heavy (non-hydrogen) atoms. The molecule has 0 aliphatic carbocycles. The summed E-state index contributed by atoms with van der Waals surface area (Å²) in [5.74, 6) is 0.836. The molecule has 6 nitrogen and oxygen atoms in total. The number of nitrogens with zero attached hydrogens (tertiary/aromatic N) is 3. The number of carbonyl (C=O) groups is 1. The van der Waals surface area contributed by atoms with Gasteiger partial charge in [-0.2, -0.15) is 0 Å². The van der Waals surface area contributed by atoms with Crippen LogP contribution in [0.3, 0.4) is 0 Å². The first-order valence-corrected chi connectivity index (χ1v) is 10.4. The largest absolute Gasteiger partial charge is 0.371 e. The van der Waals surface area contributed by atoms with Crippen molar-refractivity contribution >= 4 is 44.3 Å². The summed E-state index contributed by atoms with van der Waals surface area (Å²) in [6.07, 6.45) is 1.82. The van der Waals surface area contributed by atoms with Crippen LogP contribution in [-0.2, 0) is 18.4 Å². The maximum absolute atomic E-state index is 12.2. The second-order valence-electron chi connectivity index (χ2n) is 8.22. The molecule has 4 aromatic rings. The molecular weight excluding hydrogens is 382 g/mol.